The van der Waals surface area contributed by atoms with E-state index in [1.165, 1.54) is 6.07 Å². The number of nitrogens with zero attached hydrogens (tertiary/aromatic N) is 1. The van der Waals surface area contributed by atoms with Crippen molar-refractivity contribution in [3.8, 4) is 5.69 Å². The van der Waals surface area contributed by atoms with Gasteiger partial charge in [-0.2, -0.15) is 0 Å². The third-order valence-corrected chi connectivity index (χ3v) is 6.75. The van der Waals surface area contributed by atoms with Gasteiger partial charge in [-0.05, 0) is 55.2 Å². The number of anilines is 1. The summed E-state index contributed by atoms with van der Waals surface area (Å²) in [7, 11) is 0. The molecule has 3 N–H and O–H groups in total. The third kappa shape index (κ3) is 3.35. The number of ketones is 1. The number of nitrogens with one attached hydrogen (secondary N) is 1. The molecule has 1 amide bonds. The number of primary amides is 1. The van der Waals surface area contributed by atoms with Crippen LogP contribution in [0.15, 0.2) is 12.1 Å². The van der Waals surface area contributed by atoms with Gasteiger partial charge in [-0.3, -0.25) is 9.59 Å². The maximum atomic E-state index is 15.2. The Labute approximate surface area is 180 Å². The molecule has 6 nitrogen and oxygen atoms in total. The number of aromatic nitrogens is 1. The smallest absolute Gasteiger partial charge is 0.253 e. The Kier molecular flexibility index (Phi) is 4.70. The Hall–Kier alpha value is -2.67. The number of benzene rings is 1. The molecule has 164 valence electrons. The van der Waals surface area contributed by atoms with Crippen LogP contribution >= 0.6 is 0 Å². The van der Waals surface area contributed by atoms with Crippen LogP contribution in [0.3, 0.4) is 0 Å². The quantitative estimate of drug-likeness (QED) is 0.784. The van der Waals surface area contributed by atoms with Gasteiger partial charge in [0, 0.05) is 30.0 Å². The molecule has 1 saturated heterocycles. The monoisotopic (exact) mass is 425 g/mol. The molecule has 1 aliphatic heterocycles. The second-order valence-electron chi connectivity index (χ2n) is 9.80. The van der Waals surface area contributed by atoms with Crippen LogP contribution in [0, 0.1) is 11.2 Å². The fraction of sp³-hybridized carbons (Fsp3) is 0.500. The van der Waals surface area contributed by atoms with Gasteiger partial charge in [0.2, 0.25) is 0 Å². The summed E-state index contributed by atoms with van der Waals surface area (Å²) < 4.78 is 22.7. The van der Waals surface area contributed by atoms with Crippen molar-refractivity contribution in [3.05, 3.63) is 46.0 Å². The molecule has 5 rings (SSSR count). The lowest BCUT2D eigenvalue weighted by atomic mass is 9.75. The molecule has 0 unspecified atom stereocenters. The first kappa shape index (κ1) is 20.2. The van der Waals surface area contributed by atoms with E-state index in [1.54, 1.807) is 6.07 Å². The third-order valence-electron chi connectivity index (χ3n) is 6.75. The number of hydrogen-bond donors (Lipinski definition) is 2. The summed E-state index contributed by atoms with van der Waals surface area (Å²) in [6.45, 7) is 5.32. The van der Waals surface area contributed by atoms with Crippen LogP contribution in [0.4, 0.5) is 10.1 Å². The normalized spacial score (nSPS) is 21.8. The van der Waals surface area contributed by atoms with Crippen molar-refractivity contribution < 1.29 is 18.7 Å². The molecule has 0 spiro atoms. The zero-order valence-corrected chi connectivity index (χ0v) is 18.0. The first-order valence-corrected chi connectivity index (χ1v) is 11.0. The molecule has 1 aromatic heterocycles. The van der Waals surface area contributed by atoms with Crippen LogP contribution in [-0.4, -0.2) is 35.5 Å². The fourth-order valence-electron chi connectivity index (χ4n) is 5.49. The van der Waals surface area contributed by atoms with Gasteiger partial charge in [-0.15, -0.1) is 0 Å². The minimum atomic E-state index is -0.804. The lowest BCUT2D eigenvalue weighted by Gasteiger charge is -2.30. The average Bonchev–Trinajstić information content (AvgIpc) is 3.36. The largest absolute Gasteiger partial charge is 0.379 e. The van der Waals surface area contributed by atoms with E-state index in [2.05, 4.69) is 23.7 Å². The number of halogens is 1. The number of rotatable bonds is 4. The van der Waals surface area contributed by atoms with Crippen molar-refractivity contribution in [2.45, 2.75) is 58.4 Å². The van der Waals surface area contributed by atoms with Crippen LogP contribution in [0.2, 0.25) is 0 Å². The van der Waals surface area contributed by atoms with Gasteiger partial charge in [-0.1, -0.05) is 13.8 Å². The molecule has 1 atom stereocenters. The number of hydrogen-bond acceptors (Lipinski definition) is 4. The minimum absolute atomic E-state index is 0.00227. The highest BCUT2D eigenvalue weighted by atomic mass is 19.1. The summed E-state index contributed by atoms with van der Waals surface area (Å²) in [4.78, 5) is 25.1. The number of carbonyl (C=O) groups excluding carboxylic acids is 2. The summed E-state index contributed by atoms with van der Waals surface area (Å²) in [5, 5.41) is 3.26. The topological polar surface area (TPSA) is 86.4 Å². The molecule has 31 heavy (non-hydrogen) atoms. The molecular weight excluding hydrogens is 397 g/mol. The first-order valence-electron chi connectivity index (χ1n) is 11.0. The van der Waals surface area contributed by atoms with E-state index in [-0.39, 0.29) is 22.8 Å². The van der Waals surface area contributed by atoms with Gasteiger partial charge in [0.25, 0.3) is 5.91 Å². The Morgan fingerprint density at radius 2 is 2.06 bits per heavy atom. The molecule has 2 heterocycles. The van der Waals surface area contributed by atoms with E-state index in [1.807, 2.05) is 0 Å². The molecule has 1 aromatic carbocycles. The Balaban J connectivity index is 1.69. The SMILES string of the molecule is CC1(C)CC(=O)c2c3c(n(-c4cc(F)c(C(N)=O)c(N[C@H]5CCOC5)c4)c2C1)CCC3. The second kappa shape index (κ2) is 7.19. The van der Waals surface area contributed by atoms with E-state index in [9.17, 15) is 9.59 Å². The molecule has 0 bridgehead atoms. The van der Waals surface area contributed by atoms with Crippen molar-refractivity contribution in [3.63, 3.8) is 0 Å². The van der Waals surface area contributed by atoms with E-state index in [4.69, 9.17) is 10.5 Å². The Morgan fingerprint density at radius 1 is 1.26 bits per heavy atom. The molecule has 2 aromatic rings. The van der Waals surface area contributed by atoms with Gasteiger partial charge in [0.15, 0.2) is 5.78 Å². The second-order valence-corrected chi connectivity index (χ2v) is 9.80. The number of Topliss-reactive ketones (excluding diaryl/α,β-unsaturated/α-hetero) is 1. The van der Waals surface area contributed by atoms with Gasteiger partial charge >= 0.3 is 0 Å². The maximum absolute atomic E-state index is 15.2. The average molecular weight is 426 g/mol. The number of fused-ring (bicyclic) bond motifs is 3. The van der Waals surface area contributed by atoms with Gasteiger partial charge in [-0.25, -0.2) is 4.39 Å². The summed E-state index contributed by atoms with van der Waals surface area (Å²) in [6.07, 6.45) is 4.78. The summed E-state index contributed by atoms with van der Waals surface area (Å²) in [5.74, 6) is -1.28. The predicted octanol–water partition coefficient (Wildman–Crippen LogP) is 3.56. The van der Waals surface area contributed by atoms with Crippen LogP contribution in [0.5, 0.6) is 0 Å². The minimum Gasteiger partial charge on any atom is -0.379 e. The maximum Gasteiger partial charge on any atom is 0.253 e. The van der Waals surface area contributed by atoms with E-state index in [0.717, 1.165) is 54.6 Å². The Morgan fingerprint density at radius 3 is 2.77 bits per heavy atom. The van der Waals surface area contributed by atoms with Crippen molar-refractivity contribution in [1.82, 2.24) is 4.57 Å². The zero-order valence-electron chi connectivity index (χ0n) is 18.0. The highest BCUT2D eigenvalue weighted by molar-refractivity contribution is 6.01. The summed E-state index contributed by atoms with van der Waals surface area (Å²) >= 11 is 0. The summed E-state index contributed by atoms with van der Waals surface area (Å²) in [6, 6.07) is 3.17. The highest BCUT2D eigenvalue weighted by Gasteiger charge is 2.39. The molecule has 1 fully saturated rings. The van der Waals surface area contributed by atoms with E-state index >= 15 is 4.39 Å². The van der Waals surface area contributed by atoms with Gasteiger partial charge in [0.1, 0.15) is 5.82 Å². The number of carbonyl (C=O) groups is 2. The molecule has 3 aliphatic rings. The summed E-state index contributed by atoms with van der Waals surface area (Å²) in [5.41, 5.74) is 10.3. The van der Waals surface area contributed by atoms with Crippen LogP contribution < -0.4 is 11.1 Å². The van der Waals surface area contributed by atoms with Crippen molar-refractivity contribution in [2.75, 3.05) is 18.5 Å². The molecule has 0 saturated carbocycles. The van der Waals surface area contributed by atoms with Crippen molar-refractivity contribution >= 4 is 17.4 Å². The molecule has 2 aliphatic carbocycles. The first-order chi connectivity index (χ1) is 14.7. The lowest BCUT2D eigenvalue weighted by Crippen LogP contribution is -2.28. The van der Waals surface area contributed by atoms with Crippen LogP contribution in [0.1, 0.15) is 70.8 Å². The standard InChI is InChI=1S/C24H28FN3O3/c1-24(2)10-19-21(20(29)11-24)15-4-3-5-18(15)28(19)14-8-16(25)22(23(26)30)17(9-14)27-13-6-7-31-12-13/h8-9,13,27H,3-7,10-12H2,1-2H3,(H2,26,30)/t13-/m0/s1. The molecular formula is C24H28FN3O3. The van der Waals surface area contributed by atoms with E-state index in [0.29, 0.717) is 31.0 Å². The van der Waals surface area contributed by atoms with Gasteiger partial charge < -0.3 is 20.4 Å². The van der Waals surface area contributed by atoms with Crippen molar-refractivity contribution in [2.24, 2.45) is 11.1 Å². The number of ether oxygens (including phenoxy) is 1. The van der Waals surface area contributed by atoms with Crippen LogP contribution in [0.25, 0.3) is 5.69 Å². The highest BCUT2D eigenvalue weighted by Crippen LogP contribution is 2.43. The van der Waals surface area contributed by atoms with Crippen LogP contribution in [-0.2, 0) is 24.0 Å². The number of amides is 1. The number of nitrogens with two attached hydrogens (primary N) is 1. The fourth-order valence-corrected chi connectivity index (χ4v) is 5.49. The lowest BCUT2D eigenvalue weighted by molar-refractivity contribution is 0.0909. The van der Waals surface area contributed by atoms with Crippen molar-refractivity contribution in [1.29, 1.82) is 0 Å². The van der Waals surface area contributed by atoms with Gasteiger partial charge in [0.05, 0.1) is 29.6 Å². The van der Waals surface area contributed by atoms with E-state index < -0.39 is 11.7 Å². The molecule has 0 radical (unpaired) electrons. The Bertz CT molecular complexity index is 1100. The predicted molar refractivity (Wildman–Crippen MR) is 116 cm³/mol. The molecule has 7 heteroatoms. The zero-order chi connectivity index (χ0) is 21.9.